The van der Waals surface area contributed by atoms with E-state index in [0.29, 0.717) is 52.3 Å². The van der Waals surface area contributed by atoms with Crippen LogP contribution in [0.2, 0.25) is 5.02 Å². The van der Waals surface area contributed by atoms with Gasteiger partial charge in [0.1, 0.15) is 24.7 Å². The number of methoxy groups -OCH3 is 1. The fourth-order valence-corrected chi connectivity index (χ4v) is 4.39. The van der Waals surface area contributed by atoms with Gasteiger partial charge < -0.3 is 19.3 Å². The summed E-state index contributed by atoms with van der Waals surface area (Å²) in [5, 5.41) is 11.6. The maximum atomic E-state index is 13.3. The number of aliphatic hydroxyl groups excluding tert-OH is 1. The molecule has 1 unspecified atom stereocenters. The van der Waals surface area contributed by atoms with E-state index in [2.05, 4.69) is 0 Å². The highest BCUT2D eigenvalue weighted by Crippen LogP contribution is 2.45. The van der Waals surface area contributed by atoms with Crippen LogP contribution in [0.4, 0.5) is 5.69 Å². The van der Waals surface area contributed by atoms with E-state index >= 15 is 0 Å². The summed E-state index contributed by atoms with van der Waals surface area (Å²) < 4.78 is 16.6. The number of benzene rings is 3. The van der Waals surface area contributed by atoms with Crippen LogP contribution >= 0.6 is 11.6 Å². The molecule has 5 rings (SSSR count). The van der Waals surface area contributed by atoms with Gasteiger partial charge >= 0.3 is 0 Å². The predicted octanol–water partition coefficient (Wildman–Crippen LogP) is 4.75. The second-order valence-electron chi connectivity index (χ2n) is 7.78. The van der Waals surface area contributed by atoms with E-state index < -0.39 is 17.7 Å². The van der Waals surface area contributed by atoms with E-state index in [1.54, 1.807) is 60.7 Å². The van der Waals surface area contributed by atoms with Crippen molar-refractivity contribution in [3.8, 4) is 17.2 Å². The van der Waals surface area contributed by atoms with Gasteiger partial charge in [-0.2, -0.15) is 0 Å². The molecule has 0 aliphatic carbocycles. The van der Waals surface area contributed by atoms with Crippen LogP contribution in [-0.2, 0) is 9.59 Å². The van der Waals surface area contributed by atoms with Crippen LogP contribution in [0.1, 0.15) is 17.2 Å². The largest absolute Gasteiger partial charge is 0.507 e. The smallest absolute Gasteiger partial charge is 0.300 e. The number of halogens is 1. The molecular formula is C26H20ClNO6. The number of ketones is 1. The molecule has 2 aliphatic heterocycles. The summed E-state index contributed by atoms with van der Waals surface area (Å²) in [5.41, 5.74) is 1.32. The molecule has 3 aromatic rings. The van der Waals surface area contributed by atoms with Crippen molar-refractivity contribution in [2.75, 3.05) is 25.2 Å². The molecule has 1 amide bonds. The maximum Gasteiger partial charge on any atom is 0.300 e. The zero-order valence-corrected chi connectivity index (χ0v) is 18.9. The van der Waals surface area contributed by atoms with E-state index in [1.807, 2.05) is 0 Å². The van der Waals surface area contributed by atoms with Gasteiger partial charge in [-0.05, 0) is 42.0 Å². The number of carbonyl (C=O) groups excluding carboxylic acids is 2. The molecule has 7 nitrogen and oxygen atoms in total. The Morgan fingerprint density at radius 1 is 1.00 bits per heavy atom. The van der Waals surface area contributed by atoms with Crippen LogP contribution in [0.3, 0.4) is 0 Å². The molecule has 1 fully saturated rings. The van der Waals surface area contributed by atoms with Crippen molar-refractivity contribution < 1.29 is 28.9 Å². The number of fused-ring (bicyclic) bond motifs is 1. The Bertz CT molecular complexity index is 1330. The molecular weight excluding hydrogens is 458 g/mol. The molecule has 34 heavy (non-hydrogen) atoms. The normalized spacial score (nSPS) is 18.8. The predicted molar refractivity (Wildman–Crippen MR) is 127 cm³/mol. The molecule has 1 N–H and O–H groups in total. The average Bonchev–Trinajstić information content (AvgIpc) is 3.13. The lowest BCUT2D eigenvalue weighted by molar-refractivity contribution is -0.132. The zero-order valence-electron chi connectivity index (χ0n) is 18.2. The summed E-state index contributed by atoms with van der Waals surface area (Å²) >= 11 is 6.11. The number of rotatable bonds is 4. The Labute approximate surface area is 200 Å². The van der Waals surface area contributed by atoms with Crippen LogP contribution in [-0.4, -0.2) is 37.1 Å². The standard InChI is InChI=1S/C26H20ClNO6/c1-32-19-7-3-4-15(13-19)23-22(24(29)16-5-2-6-17(27)12-16)25(30)26(31)28(23)18-8-9-20-21(14-18)34-11-10-33-20/h2-9,12-14,23,29H,10-11H2,1H3/b24-22+. The lowest BCUT2D eigenvalue weighted by Crippen LogP contribution is -2.29. The highest BCUT2D eigenvalue weighted by atomic mass is 35.5. The van der Waals surface area contributed by atoms with Gasteiger partial charge in [-0.3, -0.25) is 14.5 Å². The Balaban J connectivity index is 1.71. The van der Waals surface area contributed by atoms with E-state index in [9.17, 15) is 14.7 Å². The monoisotopic (exact) mass is 477 g/mol. The molecule has 2 heterocycles. The van der Waals surface area contributed by atoms with Crippen LogP contribution in [0.5, 0.6) is 17.2 Å². The third kappa shape index (κ3) is 3.74. The van der Waals surface area contributed by atoms with Crippen LogP contribution < -0.4 is 19.1 Å². The molecule has 1 atom stereocenters. The number of ether oxygens (including phenoxy) is 3. The lowest BCUT2D eigenvalue weighted by Gasteiger charge is -2.27. The summed E-state index contributed by atoms with van der Waals surface area (Å²) in [7, 11) is 1.53. The third-order valence-electron chi connectivity index (χ3n) is 5.76. The summed E-state index contributed by atoms with van der Waals surface area (Å²) in [6.07, 6.45) is 0. The molecule has 2 aliphatic rings. The Morgan fingerprint density at radius 3 is 2.53 bits per heavy atom. The van der Waals surface area contributed by atoms with Gasteiger partial charge in [-0.1, -0.05) is 35.9 Å². The molecule has 3 aromatic carbocycles. The van der Waals surface area contributed by atoms with E-state index in [-0.39, 0.29) is 11.3 Å². The molecule has 1 saturated heterocycles. The first-order valence-electron chi connectivity index (χ1n) is 10.6. The molecule has 0 spiro atoms. The highest BCUT2D eigenvalue weighted by molar-refractivity contribution is 6.51. The number of carbonyl (C=O) groups is 2. The van der Waals surface area contributed by atoms with Crippen LogP contribution in [0.25, 0.3) is 5.76 Å². The Kier molecular flexibility index (Phi) is 5.63. The summed E-state index contributed by atoms with van der Waals surface area (Å²) in [4.78, 5) is 28.0. The number of amides is 1. The van der Waals surface area contributed by atoms with Crippen LogP contribution in [0, 0.1) is 0 Å². The van der Waals surface area contributed by atoms with Crippen molar-refractivity contribution in [1.29, 1.82) is 0 Å². The molecule has 8 heteroatoms. The minimum absolute atomic E-state index is 0.0459. The third-order valence-corrected chi connectivity index (χ3v) is 5.99. The quantitative estimate of drug-likeness (QED) is 0.332. The first-order chi connectivity index (χ1) is 16.5. The second-order valence-corrected chi connectivity index (χ2v) is 8.22. The number of hydrogen-bond donors (Lipinski definition) is 1. The van der Waals surface area contributed by atoms with E-state index in [0.717, 1.165) is 0 Å². The minimum Gasteiger partial charge on any atom is -0.507 e. The molecule has 172 valence electrons. The molecule has 0 aromatic heterocycles. The van der Waals surface area contributed by atoms with Crippen molar-refractivity contribution in [3.05, 3.63) is 88.5 Å². The zero-order chi connectivity index (χ0) is 23.8. The van der Waals surface area contributed by atoms with Gasteiger partial charge in [0.2, 0.25) is 0 Å². The van der Waals surface area contributed by atoms with Gasteiger partial charge in [-0.15, -0.1) is 0 Å². The van der Waals surface area contributed by atoms with Crippen molar-refractivity contribution in [2.24, 2.45) is 0 Å². The number of hydrogen-bond acceptors (Lipinski definition) is 6. The SMILES string of the molecule is COc1cccc(C2/C(=C(\O)c3cccc(Cl)c3)C(=O)C(=O)N2c2ccc3c(c2)OCCO3)c1. The topological polar surface area (TPSA) is 85.3 Å². The maximum absolute atomic E-state index is 13.3. The summed E-state index contributed by atoms with van der Waals surface area (Å²) in [6, 6.07) is 17.6. The fraction of sp³-hybridized carbons (Fsp3) is 0.154. The van der Waals surface area contributed by atoms with Crippen molar-refractivity contribution >= 4 is 34.7 Å². The Morgan fingerprint density at radius 2 is 1.76 bits per heavy atom. The first-order valence-corrected chi connectivity index (χ1v) is 11.0. The van der Waals surface area contributed by atoms with Gasteiger partial charge in [-0.25, -0.2) is 0 Å². The fourth-order valence-electron chi connectivity index (χ4n) is 4.20. The number of Topliss-reactive ketones (excluding diaryl/α,β-unsaturated/α-hetero) is 1. The van der Waals surface area contributed by atoms with Gasteiger partial charge in [0.05, 0.1) is 18.7 Å². The van der Waals surface area contributed by atoms with Gasteiger partial charge in [0, 0.05) is 22.3 Å². The second kappa shape index (κ2) is 8.76. The number of nitrogens with zero attached hydrogens (tertiary/aromatic N) is 1. The van der Waals surface area contributed by atoms with Crippen LogP contribution in [0.15, 0.2) is 72.3 Å². The Hall–Kier alpha value is -3.97. The minimum atomic E-state index is -0.906. The number of aliphatic hydroxyl groups is 1. The van der Waals surface area contributed by atoms with Gasteiger partial charge in [0.25, 0.3) is 11.7 Å². The summed E-state index contributed by atoms with van der Waals surface area (Å²) in [6.45, 7) is 0.809. The molecule has 0 radical (unpaired) electrons. The van der Waals surface area contributed by atoms with Crippen molar-refractivity contribution in [3.63, 3.8) is 0 Å². The number of anilines is 1. The highest BCUT2D eigenvalue weighted by Gasteiger charge is 2.47. The lowest BCUT2D eigenvalue weighted by atomic mass is 9.95. The first kappa shape index (κ1) is 21.9. The van der Waals surface area contributed by atoms with Crippen molar-refractivity contribution in [2.45, 2.75) is 6.04 Å². The summed E-state index contributed by atoms with van der Waals surface area (Å²) in [5.74, 6) is -0.302. The van der Waals surface area contributed by atoms with Gasteiger partial charge in [0.15, 0.2) is 11.5 Å². The van der Waals surface area contributed by atoms with E-state index in [4.69, 9.17) is 25.8 Å². The van der Waals surface area contributed by atoms with Crippen molar-refractivity contribution in [1.82, 2.24) is 0 Å². The molecule has 0 bridgehead atoms. The molecule has 0 saturated carbocycles. The van der Waals surface area contributed by atoms with E-state index in [1.165, 1.54) is 18.1 Å². The average molecular weight is 478 g/mol.